The second kappa shape index (κ2) is 7.97. The van der Waals surface area contributed by atoms with Gasteiger partial charge in [0.2, 0.25) is 5.95 Å². The fraction of sp³-hybridized carbons (Fsp3) is 0.105. The Balaban J connectivity index is 1.35. The highest BCUT2D eigenvalue weighted by Gasteiger charge is 2.06. The number of H-pyrrole nitrogens is 1. The predicted octanol–water partition coefficient (Wildman–Crippen LogP) is 3.84. The highest BCUT2D eigenvalue weighted by molar-refractivity contribution is 5.73. The summed E-state index contributed by atoms with van der Waals surface area (Å²) in [6.45, 7) is -2.64. The molecule has 29 heavy (non-hydrogen) atoms. The van der Waals surface area contributed by atoms with Crippen LogP contribution in [0.4, 0.5) is 20.4 Å². The fourth-order valence-electron chi connectivity index (χ4n) is 2.52. The van der Waals surface area contributed by atoms with Crippen LogP contribution in [0.5, 0.6) is 11.5 Å². The first kappa shape index (κ1) is 18.4. The summed E-state index contributed by atoms with van der Waals surface area (Å²) in [7, 11) is 0. The summed E-state index contributed by atoms with van der Waals surface area (Å²) in [5.41, 5.74) is 2.35. The SMILES string of the molecule is O=c1[nH]c2ccc(OCc3cnc(Nc4ccc(OC(F)F)cc4)nc3)cc2o1. The molecule has 2 aromatic carbocycles. The summed E-state index contributed by atoms with van der Waals surface area (Å²) in [5, 5.41) is 2.96. The Labute approximate surface area is 162 Å². The molecule has 0 unspecified atom stereocenters. The van der Waals surface area contributed by atoms with Crippen molar-refractivity contribution in [3.63, 3.8) is 0 Å². The van der Waals surface area contributed by atoms with Crippen LogP contribution in [0, 0.1) is 0 Å². The molecule has 0 aliphatic heterocycles. The van der Waals surface area contributed by atoms with Gasteiger partial charge in [-0.2, -0.15) is 8.78 Å². The first-order valence-corrected chi connectivity index (χ1v) is 8.44. The normalized spacial score (nSPS) is 11.0. The van der Waals surface area contributed by atoms with Crippen molar-refractivity contribution >= 4 is 22.7 Å². The molecule has 0 radical (unpaired) electrons. The number of oxazole rings is 1. The van der Waals surface area contributed by atoms with Gasteiger partial charge in [0.15, 0.2) is 5.58 Å². The maximum Gasteiger partial charge on any atom is 0.417 e. The van der Waals surface area contributed by atoms with Crippen LogP contribution < -0.4 is 20.5 Å². The minimum Gasteiger partial charge on any atom is -0.489 e. The van der Waals surface area contributed by atoms with Gasteiger partial charge in [-0.25, -0.2) is 14.8 Å². The van der Waals surface area contributed by atoms with Crippen molar-refractivity contribution in [3.8, 4) is 11.5 Å². The molecule has 0 atom stereocenters. The molecule has 2 N–H and O–H groups in total. The van der Waals surface area contributed by atoms with Gasteiger partial charge in [0.25, 0.3) is 0 Å². The Bertz CT molecular complexity index is 1160. The van der Waals surface area contributed by atoms with E-state index < -0.39 is 12.4 Å². The maximum atomic E-state index is 12.2. The molecule has 8 nitrogen and oxygen atoms in total. The molecule has 148 valence electrons. The van der Waals surface area contributed by atoms with Crippen molar-refractivity contribution in [2.75, 3.05) is 5.32 Å². The smallest absolute Gasteiger partial charge is 0.417 e. The highest BCUT2D eigenvalue weighted by Crippen LogP contribution is 2.21. The number of nitrogens with one attached hydrogen (secondary N) is 2. The molecule has 0 aliphatic carbocycles. The number of anilines is 2. The lowest BCUT2D eigenvalue weighted by atomic mass is 10.3. The molecule has 0 fully saturated rings. The van der Waals surface area contributed by atoms with E-state index in [1.165, 1.54) is 12.1 Å². The summed E-state index contributed by atoms with van der Waals surface area (Å²) in [6.07, 6.45) is 3.19. The fourth-order valence-corrected chi connectivity index (χ4v) is 2.52. The van der Waals surface area contributed by atoms with Gasteiger partial charge in [-0.05, 0) is 36.4 Å². The zero-order valence-corrected chi connectivity index (χ0v) is 14.8. The molecule has 0 aliphatic rings. The number of ether oxygens (including phenoxy) is 2. The van der Waals surface area contributed by atoms with E-state index in [-0.39, 0.29) is 12.4 Å². The molecule has 4 rings (SSSR count). The van der Waals surface area contributed by atoms with Gasteiger partial charge in [0.1, 0.15) is 18.1 Å². The van der Waals surface area contributed by atoms with Gasteiger partial charge < -0.3 is 19.2 Å². The van der Waals surface area contributed by atoms with Crippen LogP contribution in [0.2, 0.25) is 0 Å². The molecule has 0 saturated heterocycles. The molecule has 0 amide bonds. The van der Waals surface area contributed by atoms with Crippen LogP contribution in [-0.2, 0) is 6.61 Å². The van der Waals surface area contributed by atoms with E-state index in [2.05, 4.69) is 25.0 Å². The van der Waals surface area contributed by atoms with Gasteiger partial charge in [-0.15, -0.1) is 0 Å². The minimum absolute atomic E-state index is 0.0658. The molecular formula is C19H14F2N4O4. The van der Waals surface area contributed by atoms with Crippen molar-refractivity contribution in [1.29, 1.82) is 0 Å². The standard InChI is InChI=1S/C19H14F2N4O4/c20-17(21)28-13-3-1-12(2-4-13)24-18-22-8-11(9-23-18)10-27-14-5-6-15-16(7-14)29-19(26)25-15/h1-9,17H,10H2,(H,25,26)(H,22,23,24). The van der Waals surface area contributed by atoms with Crippen LogP contribution in [0.15, 0.2) is 64.1 Å². The monoisotopic (exact) mass is 400 g/mol. The number of aromatic nitrogens is 3. The van der Waals surface area contributed by atoms with E-state index in [1.54, 1.807) is 42.7 Å². The number of nitrogens with zero attached hydrogens (tertiary/aromatic N) is 2. The minimum atomic E-state index is -2.87. The molecule has 0 bridgehead atoms. The summed E-state index contributed by atoms with van der Waals surface area (Å²) in [4.78, 5) is 22.1. The van der Waals surface area contributed by atoms with Crippen LogP contribution >= 0.6 is 0 Å². The average molecular weight is 400 g/mol. The summed E-state index contributed by atoms with van der Waals surface area (Å²) < 4.78 is 39.3. The van der Waals surface area contributed by atoms with E-state index >= 15 is 0 Å². The zero-order valence-electron chi connectivity index (χ0n) is 14.8. The average Bonchev–Trinajstić information content (AvgIpc) is 3.08. The number of hydrogen-bond acceptors (Lipinski definition) is 7. The number of hydrogen-bond donors (Lipinski definition) is 2. The van der Waals surface area contributed by atoms with E-state index in [1.807, 2.05) is 0 Å². The van der Waals surface area contributed by atoms with Crippen molar-refractivity contribution < 1.29 is 22.7 Å². The summed E-state index contributed by atoms with van der Waals surface area (Å²) in [5.74, 6) is 0.418. The Morgan fingerprint density at radius 1 is 1.07 bits per heavy atom. The lowest BCUT2D eigenvalue weighted by molar-refractivity contribution is -0.0498. The number of halogens is 2. The maximum absolute atomic E-state index is 12.2. The van der Waals surface area contributed by atoms with E-state index in [0.29, 0.717) is 28.5 Å². The molecule has 0 saturated carbocycles. The van der Waals surface area contributed by atoms with Crippen molar-refractivity contribution in [2.45, 2.75) is 13.2 Å². The predicted molar refractivity (Wildman–Crippen MR) is 99.6 cm³/mol. The third-order valence-corrected chi connectivity index (χ3v) is 3.84. The van der Waals surface area contributed by atoms with Crippen LogP contribution in [0.25, 0.3) is 11.1 Å². The molecule has 4 aromatic rings. The number of benzene rings is 2. The Hall–Kier alpha value is -3.95. The lowest BCUT2D eigenvalue weighted by Gasteiger charge is -2.08. The van der Waals surface area contributed by atoms with Crippen LogP contribution in [0.3, 0.4) is 0 Å². The van der Waals surface area contributed by atoms with E-state index in [9.17, 15) is 13.6 Å². The van der Waals surface area contributed by atoms with E-state index in [4.69, 9.17) is 9.15 Å². The van der Waals surface area contributed by atoms with Gasteiger partial charge in [0, 0.05) is 29.7 Å². The van der Waals surface area contributed by atoms with Gasteiger partial charge in [-0.1, -0.05) is 0 Å². The van der Waals surface area contributed by atoms with Gasteiger partial charge in [0.05, 0.1) is 5.52 Å². The lowest BCUT2D eigenvalue weighted by Crippen LogP contribution is -2.02. The van der Waals surface area contributed by atoms with Crippen molar-refractivity contribution in [2.24, 2.45) is 0 Å². The summed E-state index contributed by atoms with van der Waals surface area (Å²) >= 11 is 0. The Kier molecular flexibility index (Phi) is 5.06. The molecular weight excluding hydrogens is 386 g/mol. The second-order valence-electron chi connectivity index (χ2n) is 5.90. The third-order valence-electron chi connectivity index (χ3n) is 3.84. The second-order valence-corrected chi connectivity index (χ2v) is 5.90. The molecule has 0 spiro atoms. The topological polar surface area (TPSA) is 102 Å². The number of alkyl halides is 2. The first-order valence-electron chi connectivity index (χ1n) is 8.44. The van der Waals surface area contributed by atoms with E-state index in [0.717, 1.165) is 5.56 Å². The quantitative estimate of drug-likeness (QED) is 0.486. The molecule has 2 aromatic heterocycles. The third kappa shape index (κ3) is 4.67. The van der Waals surface area contributed by atoms with Crippen LogP contribution in [0.1, 0.15) is 5.56 Å². The Morgan fingerprint density at radius 3 is 2.52 bits per heavy atom. The van der Waals surface area contributed by atoms with Gasteiger partial charge in [-0.3, -0.25) is 4.98 Å². The van der Waals surface area contributed by atoms with Crippen LogP contribution in [-0.4, -0.2) is 21.6 Å². The number of aromatic amines is 1. The number of rotatable bonds is 7. The van der Waals surface area contributed by atoms with Gasteiger partial charge >= 0.3 is 12.4 Å². The highest BCUT2D eigenvalue weighted by atomic mass is 19.3. The first-order chi connectivity index (χ1) is 14.0. The molecule has 10 heteroatoms. The summed E-state index contributed by atoms with van der Waals surface area (Å²) in [6, 6.07) is 11.0. The Morgan fingerprint density at radius 2 is 1.79 bits per heavy atom. The number of fused-ring (bicyclic) bond motifs is 1. The molecule has 2 heterocycles. The zero-order chi connectivity index (χ0) is 20.2. The largest absolute Gasteiger partial charge is 0.489 e. The van der Waals surface area contributed by atoms with Crippen molar-refractivity contribution in [3.05, 3.63) is 71.0 Å². The van der Waals surface area contributed by atoms with Crippen molar-refractivity contribution in [1.82, 2.24) is 15.0 Å².